The largest absolute Gasteiger partial charge is 0.456 e. The van der Waals surface area contributed by atoms with Crippen LogP contribution in [0.1, 0.15) is 101 Å². The molecule has 0 spiro atoms. The fourth-order valence-corrected chi connectivity index (χ4v) is 9.08. The number of nitrogens with zero attached hydrogens (tertiary/aromatic N) is 6. The molecule has 0 unspecified atom stereocenters. The first kappa shape index (κ1) is 46.4. The van der Waals surface area contributed by atoms with E-state index in [0.29, 0.717) is 64.0 Å². The SMILES string of the molecule is CC(C)c1ccc(-c2c(Oc3ccc4c5ccc(Oc6cc(Oc7ccccn7)cc(C(C)C)c6-c6ccc(C(C)C)cc6)cc5n(-c5ncncn5)c4c3)cc(Oc3ccccn3)cc2C(C)C)cc1. The summed E-state index contributed by atoms with van der Waals surface area (Å²) in [6.07, 6.45) is 6.46. The Kier molecular flexibility index (Phi) is 13.0. The molecule has 10 rings (SSSR count). The molecule has 0 aliphatic carbocycles. The van der Waals surface area contributed by atoms with Gasteiger partial charge in [0, 0.05) is 70.7 Å². The minimum absolute atomic E-state index is 0.143. The van der Waals surface area contributed by atoms with Gasteiger partial charge in [-0.25, -0.2) is 24.9 Å². The van der Waals surface area contributed by atoms with Gasteiger partial charge in [0.1, 0.15) is 47.2 Å². The molecule has 0 aliphatic rings. The number of rotatable bonds is 15. The molecule has 10 aromatic rings. The van der Waals surface area contributed by atoms with E-state index in [0.717, 1.165) is 55.2 Å². The fraction of sp³-hybridized carbons (Fsp3) is 0.197. The molecule has 10 nitrogen and oxygen atoms in total. The van der Waals surface area contributed by atoms with E-state index in [1.807, 2.05) is 77.4 Å². The molecule has 354 valence electrons. The summed E-state index contributed by atoms with van der Waals surface area (Å²) in [6, 6.07) is 49.2. The van der Waals surface area contributed by atoms with Crippen LogP contribution in [0, 0.1) is 0 Å². The Hall–Kier alpha value is -8.37. The van der Waals surface area contributed by atoms with Gasteiger partial charge in [-0.15, -0.1) is 0 Å². The van der Waals surface area contributed by atoms with Gasteiger partial charge in [0.2, 0.25) is 17.7 Å². The van der Waals surface area contributed by atoms with Crippen molar-refractivity contribution in [2.24, 2.45) is 0 Å². The van der Waals surface area contributed by atoms with Gasteiger partial charge in [-0.1, -0.05) is 116 Å². The Bertz CT molecular complexity index is 3250. The molecule has 0 amide bonds. The molecule has 0 bridgehead atoms. The maximum absolute atomic E-state index is 7.06. The summed E-state index contributed by atoms with van der Waals surface area (Å²) in [6.45, 7) is 17.6. The fourth-order valence-electron chi connectivity index (χ4n) is 9.08. The zero-order valence-corrected chi connectivity index (χ0v) is 41.3. The lowest BCUT2D eigenvalue weighted by Crippen LogP contribution is -2.02. The standard InChI is InChI=1S/C61H56N6O4/c1-37(2)41-15-19-43(20-16-41)59-51(39(5)6)29-47(70-57-13-9-11-27-63-57)33-55(59)68-45-23-25-49-50-26-24-46(32-54(50)67(53(49)31-45)61-65-35-62-36-66-61)69-56-34-48(71-58-14-10-12-28-64-58)30-52(40(7)8)60(56)44-21-17-42(18-22-44)38(3)4/h9-40H,1-8H3. The average molecular weight is 937 g/mol. The van der Waals surface area contributed by atoms with E-state index in [1.165, 1.54) is 23.8 Å². The molecular weight excluding hydrogens is 881 g/mol. The summed E-state index contributed by atoms with van der Waals surface area (Å²) < 4.78 is 28.9. The van der Waals surface area contributed by atoms with Crippen LogP contribution in [0.2, 0.25) is 0 Å². The van der Waals surface area contributed by atoms with Crippen molar-refractivity contribution in [1.82, 2.24) is 29.5 Å². The molecular formula is C61H56N6O4. The normalized spacial score (nSPS) is 11.6. The predicted molar refractivity (Wildman–Crippen MR) is 283 cm³/mol. The Morgan fingerprint density at radius 2 is 0.831 bits per heavy atom. The summed E-state index contributed by atoms with van der Waals surface area (Å²) in [4.78, 5) is 22.4. The van der Waals surface area contributed by atoms with Crippen LogP contribution in [0.15, 0.2) is 171 Å². The highest BCUT2D eigenvalue weighted by Gasteiger charge is 2.23. The van der Waals surface area contributed by atoms with Crippen molar-refractivity contribution in [3.63, 3.8) is 0 Å². The molecule has 0 saturated carbocycles. The first-order valence-electron chi connectivity index (χ1n) is 24.3. The highest BCUT2D eigenvalue weighted by Crippen LogP contribution is 2.47. The Morgan fingerprint density at radius 1 is 0.394 bits per heavy atom. The zero-order valence-electron chi connectivity index (χ0n) is 41.3. The summed E-state index contributed by atoms with van der Waals surface area (Å²) >= 11 is 0. The van der Waals surface area contributed by atoms with Crippen molar-refractivity contribution in [2.75, 3.05) is 0 Å². The van der Waals surface area contributed by atoms with E-state index in [4.69, 9.17) is 18.9 Å². The summed E-state index contributed by atoms with van der Waals surface area (Å²) in [5.41, 5.74) is 10.5. The van der Waals surface area contributed by atoms with Crippen LogP contribution in [0.3, 0.4) is 0 Å². The van der Waals surface area contributed by atoms with E-state index < -0.39 is 0 Å². The highest BCUT2D eigenvalue weighted by atomic mass is 16.5. The number of pyridine rings is 2. The molecule has 4 heterocycles. The highest BCUT2D eigenvalue weighted by molar-refractivity contribution is 6.09. The second-order valence-corrected chi connectivity index (χ2v) is 19.0. The smallest absolute Gasteiger partial charge is 0.237 e. The van der Waals surface area contributed by atoms with Gasteiger partial charge in [0.05, 0.1) is 11.0 Å². The van der Waals surface area contributed by atoms with E-state index in [-0.39, 0.29) is 11.8 Å². The summed E-state index contributed by atoms with van der Waals surface area (Å²) in [7, 11) is 0. The number of benzene rings is 6. The first-order valence-corrected chi connectivity index (χ1v) is 24.3. The minimum Gasteiger partial charge on any atom is -0.456 e. The minimum atomic E-state index is 0.143. The van der Waals surface area contributed by atoms with Crippen LogP contribution in [-0.4, -0.2) is 29.5 Å². The quantitative estimate of drug-likeness (QED) is 0.0993. The molecule has 10 heteroatoms. The number of aromatic nitrogens is 6. The third-order valence-electron chi connectivity index (χ3n) is 12.8. The predicted octanol–water partition coefficient (Wildman–Crippen LogP) is 16.8. The van der Waals surface area contributed by atoms with E-state index in [1.54, 1.807) is 12.4 Å². The molecule has 0 radical (unpaired) electrons. The monoisotopic (exact) mass is 936 g/mol. The molecule has 6 aromatic carbocycles. The lowest BCUT2D eigenvalue weighted by Gasteiger charge is -2.21. The Balaban J connectivity index is 1.11. The van der Waals surface area contributed by atoms with Crippen LogP contribution in [0.25, 0.3) is 50.0 Å². The number of hydrogen-bond acceptors (Lipinski definition) is 9. The van der Waals surface area contributed by atoms with Gasteiger partial charge in [0.25, 0.3) is 0 Å². The van der Waals surface area contributed by atoms with E-state index in [9.17, 15) is 0 Å². The van der Waals surface area contributed by atoms with Crippen molar-refractivity contribution in [3.8, 4) is 74.5 Å². The van der Waals surface area contributed by atoms with Gasteiger partial charge in [-0.2, -0.15) is 0 Å². The molecule has 0 N–H and O–H groups in total. The van der Waals surface area contributed by atoms with E-state index in [2.05, 4.69) is 153 Å². The van der Waals surface area contributed by atoms with Gasteiger partial charge in [-0.05, 0) is 106 Å². The number of fused-ring (bicyclic) bond motifs is 3. The topological polar surface area (TPSA) is 106 Å². The molecule has 0 saturated heterocycles. The third kappa shape index (κ3) is 9.79. The van der Waals surface area contributed by atoms with E-state index >= 15 is 0 Å². The zero-order chi connectivity index (χ0) is 49.2. The van der Waals surface area contributed by atoms with Crippen molar-refractivity contribution in [1.29, 1.82) is 0 Å². The average Bonchev–Trinajstić information content (AvgIpc) is 3.69. The molecule has 0 atom stereocenters. The number of ether oxygens (including phenoxy) is 4. The van der Waals surface area contributed by atoms with Crippen LogP contribution >= 0.6 is 0 Å². The second-order valence-electron chi connectivity index (χ2n) is 19.0. The van der Waals surface area contributed by atoms with Crippen LogP contribution in [0.4, 0.5) is 0 Å². The van der Waals surface area contributed by atoms with Crippen LogP contribution < -0.4 is 18.9 Å². The van der Waals surface area contributed by atoms with Crippen molar-refractivity contribution in [2.45, 2.75) is 79.1 Å². The lowest BCUT2D eigenvalue weighted by atomic mass is 9.90. The number of hydrogen-bond donors (Lipinski definition) is 0. The van der Waals surface area contributed by atoms with Crippen molar-refractivity contribution >= 4 is 21.8 Å². The molecule has 71 heavy (non-hydrogen) atoms. The second kappa shape index (κ2) is 19.9. The molecule has 0 fully saturated rings. The summed E-state index contributed by atoms with van der Waals surface area (Å²) in [5, 5.41) is 1.97. The molecule has 0 aliphatic heterocycles. The summed E-state index contributed by atoms with van der Waals surface area (Å²) in [5.74, 6) is 6.33. The Morgan fingerprint density at radius 3 is 1.21 bits per heavy atom. The van der Waals surface area contributed by atoms with Crippen molar-refractivity contribution in [3.05, 3.63) is 193 Å². The van der Waals surface area contributed by atoms with Gasteiger partial charge < -0.3 is 18.9 Å². The van der Waals surface area contributed by atoms with Gasteiger partial charge in [0.15, 0.2) is 0 Å². The van der Waals surface area contributed by atoms with Crippen LogP contribution in [-0.2, 0) is 0 Å². The first-order chi connectivity index (χ1) is 34.5. The van der Waals surface area contributed by atoms with Crippen molar-refractivity contribution < 1.29 is 18.9 Å². The maximum atomic E-state index is 7.06. The van der Waals surface area contributed by atoms with Crippen LogP contribution in [0.5, 0.6) is 46.3 Å². The van der Waals surface area contributed by atoms with Gasteiger partial charge in [-0.3, -0.25) is 4.57 Å². The Labute approximate surface area is 415 Å². The molecule has 4 aromatic heterocycles. The third-order valence-corrected chi connectivity index (χ3v) is 12.8. The lowest BCUT2D eigenvalue weighted by molar-refractivity contribution is 0.448. The van der Waals surface area contributed by atoms with Gasteiger partial charge >= 0.3 is 0 Å². The maximum Gasteiger partial charge on any atom is 0.237 e.